The molecule has 13 heteroatoms. The van der Waals surface area contributed by atoms with Crippen molar-refractivity contribution in [3.63, 3.8) is 0 Å². The summed E-state index contributed by atoms with van der Waals surface area (Å²) < 4.78 is 0. The zero-order valence-corrected chi connectivity index (χ0v) is 28.6. The Kier molecular flexibility index (Phi) is 13.4. The van der Waals surface area contributed by atoms with Crippen LogP contribution in [0.3, 0.4) is 0 Å². The molecule has 0 spiro atoms. The molecule has 252 valence electrons. The number of Topliss-reactive ketones (excluding diaryl/α,β-unsaturated/α-hetero) is 1. The number of nitrogen functional groups attached to an aromatic ring is 2. The Labute approximate surface area is 291 Å². The third kappa shape index (κ3) is 9.79. The summed E-state index contributed by atoms with van der Waals surface area (Å²) in [5.41, 5.74) is 22.9. The summed E-state index contributed by atoms with van der Waals surface area (Å²) in [7, 11) is 0. The maximum absolute atomic E-state index is 11.7. The van der Waals surface area contributed by atoms with E-state index in [1.807, 2.05) is 48.5 Å². The van der Waals surface area contributed by atoms with Crippen molar-refractivity contribution in [1.82, 2.24) is 0 Å². The number of carbonyl (C=O) groups is 1. The number of benzene rings is 3. The van der Waals surface area contributed by atoms with Gasteiger partial charge in [0, 0.05) is 48.8 Å². The minimum absolute atomic E-state index is 0. The molecule has 10 nitrogen and oxygen atoms in total. The average Bonchev–Trinajstić information content (AvgIpc) is 3.69. The van der Waals surface area contributed by atoms with Crippen LogP contribution in [0.2, 0.25) is 5.02 Å². The lowest BCUT2D eigenvalue weighted by Crippen LogP contribution is -2.21. The molecule has 2 aliphatic heterocycles. The van der Waals surface area contributed by atoms with Crippen LogP contribution in [0.4, 0.5) is 28.4 Å². The first-order valence-electron chi connectivity index (χ1n) is 14.9. The van der Waals surface area contributed by atoms with E-state index in [-0.39, 0.29) is 51.9 Å². The number of aromatic hydroxyl groups is 1. The molecule has 0 saturated carbocycles. The second-order valence-electron chi connectivity index (χ2n) is 11.4. The van der Waals surface area contributed by atoms with Crippen LogP contribution in [0, 0.1) is 6.92 Å². The lowest BCUT2D eigenvalue weighted by Gasteiger charge is -2.18. The number of anilines is 4. The summed E-state index contributed by atoms with van der Waals surface area (Å²) in [6.07, 6.45) is 2.88. The number of β-amino-alcohol motifs (C(OH)–C–C–N with tert-alkyl or cyclic N) is 2. The van der Waals surface area contributed by atoms with E-state index in [9.17, 15) is 20.1 Å². The van der Waals surface area contributed by atoms with E-state index in [1.165, 1.54) is 0 Å². The Bertz CT molecular complexity index is 1620. The molecule has 0 bridgehead atoms. The molecule has 2 saturated heterocycles. The Morgan fingerprint density at radius 3 is 1.79 bits per heavy atom. The number of aliphatic hydroxyl groups is 2. The van der Waals surface area contributed by atoms with Crippen LogP contribution in [0.1, 0.15) is 25.3 Å². The zero-order valence-electron chi connectivity index (χ0n) is 26.2. The molecule has 47 heavy (non-hydrogen) atoms. The normalized spacial score (nSPS) is 19.8. The first-order valence-corrected chi connectivity index (χ1v) is 15.6. The van der Waals surface area contributed by atoms with Crippen LogP contribution in [-0.4, -0.2) is 65.2 Å². The van der Waals surface area contributed by atoms with Gasteiger partial charge in [0.2, 0.25) is 5.78 Å². The van der Waals surface area contributed by atoms with Gasteiger partial charge in [0.25, 0.3) is 0 Å². The minimum atomic E-state index is -0.258. The predicted octanol–water partition coefficient (Wildman–Crippen LogP) is 5.47. The number of aryl methyl sites for hydroxylation is 1. The van der Waals surface area contributed by atoms with E-state index in [0.29, 0.717) is 23.5 Å². The van der Waals surface area contributed by atoms with Gasteiger partial charge in [-0.1, -0.05) is 29.3 Å². The number of aliphatic imine (C=N–C) groups is 1. The first kappa shape index (κ1) is 37.5. The number of carbonyl (C=O) groups excluding carboxylic acids is 1. The second-order valence-corrected chi connectivity index (χ2v) is 12.2. The lowest BCUT2D eigenvalue weighted by atomic mass is 10.0. The predicted molar refractivity (Wildman–Crippen MR) is 195 cm³/mol. The summed E-state index contributed by atoms with van der Waals surface area (Å²) in [5, 5.41) is 28.4. The third-order valence-electron chi connectivity index (χ3n) is 7.82. The van der Waals surface area contributed by atoms with Gasteiger partial charge in [0.15, 0.2) is 0 Å². The number of allylic oxidation sites excluding steroid dienone is 3. The van der Waals surface area contributed by atoms with Crippen molar-refractivity contribution >= 4 is 75.5 Å². The summed E-state index contributed by atoms with van der Waals surface area (Å²) in [5.74, 6) is -0.187. The Morgan fingerprint density at radius 1 is 0.809 bits per heavy atom. The van der Waals surface area contributed by atoms with Crippen LogP contribution in [0.5, 0.6) is 5.75 Å². The van der Waals surface area contributed by atoms with Gasteiger partial charge in [-0.2, -0.15) is 0 Å². The van der Waals surface area contributed by atoms with E-state index in [4.69, 9.17) is 40.4 Å². The van der Waals surface area contributed by atoms with Gasteiger partial charge in [-0.15, -0.1) is 12.4 Å². The fourth-order valence-corrected chi connectivity index (χ4v) is 5.50. The van der Waals surface area contributed by atoms with Crippen LogP contribution in [0.15, 0.2) is 88.0 Å². The van der Waals surface area contributed by atoms with Crippen LogP contribution in [-0.2, 0) is 4.79 Å². The molecule has 2 atom stereocenters. The Balaban J connectivity index is 0.000000211. The maximum Gasteiger partial charge on any atom is 0.202 e. The van der Waals surface area contributed by atoms with Crippen molar-refractivity contribution in [3.05, 3.63) is 93.6 Å². The van der Waals surface area contributed by atoms with Gasteiger partial charge in [-0.05, 0) is 92.9 Å². The average molecular weight is 704 g/mol. The third-order valence-corrected chi connectivity index (χ3v) is 8.59. The Hall–Kier alpha value is -3.93. The number of phenols is 1. The molecule has 2 unspecified atom stereocenters. The molecule has 6 rings (SSSR count). The van der Waals surface area contributed by atoms with Gasteiger partial charge in [0.1, 0.15) is 15.8 Å². The highest BCUT2D eigenvalue weighted by Gasteiger charge is 2.23. The van der Waals surface area contributed by atoms with E-state index >= 15 is 0 Å². The van der Waals surface area contributed by atoms with Crippen LogP contribution >= 0.6 is 35.6 Å². The highest BCUT2D eigenvalue weighted by Crippen LogP contribution is 2.32. The van der Waals surface area contributed by atoms with Crippen molar-refractivity contribution in [3.8, 4) is 5.75 Å². The van der Waals surface area contributed by atoms with Gasteiger partial charge < -0.3 is 42.3 Å². The monoisotopic (exact) mass is 702 g/mol. The summed E-state index contributed by atoms with van der Waals surface area (Å²) in [6.45, 7) is 6.64. The molecule has 2 fully saturated rings. The zero-order chi connectivity index (χ0) is 33.5. The molecule has 0 amide bonds. The fourth-order valence-electron chi connectivity index (χ4n) is 5.04. The van der Waals surface area contributed by atoms with E-state index in [0.717, 1.165) is 60.8 Å². The topological polar surface area (TPSA) is 175 Å². The van der Waals surface area contributed by atoms with Gasteiger partial charge in [0.05, 0.1) is 35.0 Å². The molecule has 3 aromatic carbocycles. The van der Waals surface area contributed by atoms with E-state index in [2.05, 4.69) is 14.8 Å². The lowest BCUT2D eigenvalue weighted by molar-refractivity contribution is -0.111. The molecule has 0 radical (unpaired) electrons. The molecule has 3 aromatic rings. The number of rotatable bonds is 3. The molecule has 2 heterocycles. The van der Waals surface area contributed by atoms with Crippen molar-refractivity contribution in [2.24, 2.45) is 10.7 Å². The highest BCUT2D eigenvalue weighted by molar-refractivity contribution is 6.49. The van der Waals surface area contributed by atoms with Gasteiger partial charge >= 0.3 is 0 Å². The van der Waals surface area contributed by atoms with Crippen LogP contribution in [0.25, 0.3) is 0 Å². The summed E-state index contributed by atoms with van der Waals surface area (Å²) in [6, 6.07) is 18.8. The SMILES string of the molecule is CC1=CC(=Nc2ccc(N3CCC(O)C3)cc2)C(N)=C(Cl)C1=O.Cc1ccc(N)c(Cl)c1O.Cl.Nc1ccc(N2CCC(O)C2)cc1. The van der Waals surface area contributed by atoms with Crippen molar-refractivity contribution < 1.29 is 20.1 Å². The molecule has 0 aromatic heterocycles. The van der Waals surface area contributed by atoms with Gasteiger partial charge in [-0.3, -0.25) is 4.79 Å². The minimum Gasteiger partial charge on any atom is -0.506 e. The fraction of sp³-hybridized carbons (Fsp3) is 0.294. The van der Waals surface area contributed by atoms with Crippen LogP contribution < -0.4 is 27.0 Å². The van der Waals surface area contributed by atoms with Crippen molar-refractivity contribution in [2.45, 2.75) is 38.9 Å². The molecular formula is C34H41Cl3N6O4. The highest BCUT2D eigenvalue weighted by atomic mass is 35.5. The summed E-state index contributed by atoms with van der Waals surface area (Å²) >= 11 is 11.6. The first-order chi connectivity index (χ1) is 21.8. The number of hydrogen-bond acceptors (Lipinski definition) is 10. The van der Waals surface area contributed by atoms with Crippen molar-refractivity contribution in [1.29, 1.82) is 0 Å². The standard InChI is InChI=1S/C17H18ClN3O2.C10H14N2O.C7H8ClNO.ClH/c1-10-8-14(16(19)15(18)17(10)23)20-11-2-4-12(5-3-11)21-7-6-13(22)9-21;11-8-1-3-9(4-2-8)12-6-5-10(13)7-12;1-4-2-3-5(9)6(8)7(4)10;/h2-5,8,13,22H,6-7,9,19H2,1H3;1-4,10,13H,5-7,11H2;2-3,10H,9H2,1H3;1H. The number of hydrogen-bond donors (Lipinski definition) is 6. The number of aliphatic hydroxyl groups excluding tert-OH is 2. The largest absolute Gasteiger partial charge is 0.506 e. The number of nitrogens with two attached hydrogens (primary N) is 3. The van der Waals surface area contributed by atoms with E-state index < -0.39 is 0 Å². The summed E-state index contributed by atoms with van der Waals surface area (Å²) in [4.78, 5) is 20.5. The smallest absolute Gasteiger partial charge is 0.202 e. The maximum atomic E-state index is 11.7. The number of phenolic OH excluding ortho intramolecular Hbond substituents is 1. The quantitative estimate of drug-likeness (QED) is 0.153. The molecule has 1 aliphatic carbocycles. The molecule has 3 aliphatic rings. The number of nitrogens with zero attached hydrogens (tertiary/aromatic N) is 3. The van der Waals surface area contributed by atoms with Gasteiger partial charge in [-0.25, -0.2) is 4.99 Å². The Morgan fingerprint density at radius 2 is 1.32 bits per heavy atom. The van der Waals surface area contributed by atoms with Crippen molar-refractivity contribution in [2.75, 3.05) is 47.4 Å². The number of halogens is 3. The molecule has 9 N–H and O–H groups in total. The number of ketones is 1. The second kappa shape index (κ2) is 16.8. The molecular weight excluding hydrogens is 663 g/mol. The van der Waals surface area contributed by atoms with E-state index in [1.54, 1.807) is 32.1 Å².